The number of anilines is 1. The van der Waals surface area contributed by atoms with Gasteiger partial charge in [0, 0.05) is 28.1 Å². The van der Waals surface area contributed by atoms with Crippen molar-refractivity contribution in [1.82, 2.24) is 9.78 Å². The topological polar surface area (TPSA) is 90.1 Å². The predicted octanol–water partition coefficient (Wildman–Crippen LogP) is 4.47. The fourth-order valence-electron chi connectivity index (χ4n) is 2.36. The van der Waals surface area contributed by atoms with Gasteiger partial charge in [-0.2, -0.15) is 5.10 Å². The molecular formula is C18H15ClN4O3S. The third-order valence-electron chi connectivity index (χ3n) is 3.59. The van der Waals surface area contributed by atoms with Crippen molar-refractivity contribution in [3.8, 4) is 5.69 Å². The van der Waals surface area contributed by atoms with Gasteiger partial charge in [-0.15, -0.1) is 11.8 Å². The summed E-state index contributed by atoms with van der Waals surface area (Å²) in [4.78, 5) is 23.6. The van der Waals surface area contributed by atoms with Gasteiger partial charge in [0.1, 0.15) is 5.82 Å². The van der Waals surface area contributed by atoms with Crippen LogP contribution in [0.25, 0.3) is 5.69 Å². The Bertz CT molecular complexity index is 971. The molecule has 27 heavy (non-hydrogen) atoms. The first-order chi connectivity index (χ1) is 12.9. The number of nitro benzene ring substituents is 1. The molecule has 0 atom stereocenters. The number of thioether (sulfide) groups is 1. The zero-order valence-corrected chi connectivity index (χ0v) is 15.8. The summed E-state index contributed by atoms with van der Waals surface area (Å²) < 4.78 is 1.55. The number of hydrogen-bond donors (Lipinski definition) is 1. The van der Waals surface area contributed by atoms with E-state index >= 15 is 0 Å². The highest BCUT2D eigenvalue weighted by Crippen LogP contribution is 2.22. The van der Waals surface area contributed by atoms with Crippen LogP contribution in [-0.4, -0.2) is 26.4 Å². The SMILES string of the molecule is Cc1cc(NC(=O)CSc2ccc(Cl)cc2)n(-c2ccc([N+](=O)[O-])cc2)n1. The number of aryl methyl sites for hydroxylation is 1. The Hall–Kier alpha value is -2.84. The van der Waals surface area contributed by atoms with Crippen LogP contribution in [0.3, 0.4) is 0 Å². The highest BCUT2D eigenvalue weighted by Gasteiger charge is 2.13. The summed E-state index contributed by atoms with van der Waals surface area (Å²) >= 11 is 7.25. The second-order valence-electron chi connectivity index (χ2n) is 5.65. The van der Waals surface area contributed by atoms with Crippen molar-refractivity contribution in [3.63, 3.8) is 0 Å². The summed E-state index contributed by atoms with van der Waals surface area (Å²) in [5.41, 5.74) is 1.33. The van der Waals surface area contributed by atoms with Crippen molar-refractivity contribution in [2.24, 2.45) is 0 Å². The molecule has 0 aliphatic carbocycles. The number of nitrogens with one attached hydrogen (secondary N) is 1. The van der Waals surface area contributed by atoms with Gasteiger partial charge in [-0.25, -0.2) is 4.68 Å². The highest BCUT2D eigenvalue weighted by atomic mass is 35.5. The predicted molar refractivity (Wildman–Crippen MR) is 106 cm³/mol. The van der Waals surface area contributed by atoms with E-state index in [-0.39, 0.29) is 17.3 Å². The average molecular weight is 403 g/mol. The van der Waals surface area contributed by atoms with E-state index in [0.29, 0.717) is 22.2 Å². The first kappa shape index (κ1) is 18.9. The summed E-state index contributed by atoms with van der Waals surface area (Å²) in [6, 6.07) is 15.0. The van der Waals surface area contributed by atoms with Crippen LogP contribution in [0.2, 0.25) is 5.02 Å². The summed E-state index contributed by atoms with van der Waals surface area (Å²) in [5.74, 6) is 0.549. The van der Waals surface area contributed by atoms with Gasteiger partial charge in [0.25, 0.3) is 5.69 Å². The van der Waals surface area contributed by atoms with Gasteiger partial charge >= 0.3 is 0 Å². The lowest BCUT2D eigenvalue weighted by Crippen LogP contribution is -2.16. The molecule has 1 amide bonds. The van der Waals surface area contributed by atoms with Crippen LogP contribution in [0, 0.1) is 17.0 Å². The van der Waals surface area contributed by atoms with E-state index in [1.165, 1.54) is 23.9 Å². The van der Waals surface area contributed by atoms with Crippen LogP contribution in [0.5, 0.6) is 0 Å². The average Bonchev–Trinajstić information content (AvgIpc) is 3.01. The quantitative estimate of drug-likeness (QED) is 0.373. The van der Waals surface area contributed by atoms with E-state index in [1.54, 1.807) is 41.9 Å². The summed E-state index contributed by atoms with van der Waals surface area (Å²) in [7, 11) is 0. The number of hydrogen-bond acceptors (Lipinski definition) is 5. The van der Waals surface area contributed by atoms with Crippen LogP contribution >= 0.6 is 23.4 Å². The molecule has 0 bridgehead atoms. The maximum absolute atomic E-state index is 12.3. The number of rotatable bonds is 6. The zero-order chi connectivity index (χ0) is 19.4. The third-order valence-corrected chi connectivity index (χ3v) is 4.85. The number of halogens is 1. The Labute approximate surface area is 164 Å². The first-order valence-electron chi connectivity index (χ1n) is 7.92. The van der Waals surface area contributed by atoms with Crippen LogP contribution in [0.1, 0.15) is 5.69 Å². The molecule has 3 rings (SSSR count). The van der Waals surface area contributed by atoms with Gasteiger partial charge in [0.05, 0.1) is 22.1 Å². The van der Waals surface area contributed by atoms with Gasteiger partial charge in [-0.05, 0) is 43.3 Å². The normalized spacial score (nSPS) is 10.6. The van der Waals surface area contributed by atoms with E-state index in [4.69, 9.17) is 11.6 Å². The number of amides is 1. The van der Waals surface area contributed by atoms with Crippen molar-refractivity contribution in [2.45, 2.75) is 11.8 Å². The smallest absolute Gasteiger partial charge is 0.269 e. The Morgan fingerprint density at radius 3 is 2.52 bits per heavy atom. The molecule has 0 aliphatic rings. The fourth-order valence-corrected chi connectivity index (χ4v) is 3.18. The van der Waals surface area contributed by atoms with Gasteiger partial charge in [0.15, 0.2) is 0 Å². The molecule has 1 aromatic heterocycles. The molecule has 1 N–H and O–H groups in total. The summed E-state index contributed by atoms with van der Waals surface area (Å²) in [5, 5.41) is 18.6. The van der Waals surface area contributed by atoms with Crippen LogP contribution in [-0.2, 0) is 4.79 Å². The Balaban J connectivity index is 1.70. The lowest BCUT2D eigenvalue weighted by atomic mass is 10.3. The summed E-state index contributed by atoms with van der Waals surface area (Å²) in [6.45, 7) is 1.81. The van der Waals surface area contributed by atoms with E-state index in [0.717, 1.165) is 4.90 Å². The van der Waals surface area contributed by atoms with Crippen LogP contribution < -0.4 is 5.32 Å². The standard InChI is InChI=1S/C18H15ClN4O3S/c1-12-10-17(20-18(24)11-27-16-8-2-13(19)3-9-16)22(21-12)14-4-6-15(7-5-14)23(25)26/h2-10H,11H2,1H3,(H,20,24). The van der Waals surface area contributed by atoms with E-state index in [2.05, 4.69) is 10.4 Å². The second-order valence-corrected chi connectivity index (χ2v) is 7.13. The number of nitro groups is 1. The third kappa shape index (κ3) is 4.87. The van der Waals surface area contributed by atoms with E-state index in [9.17, 15) is 14.9 Å². The monoisotopic (exact) mass is 402 g/mol. The zero-order valence-electron chi connectivity index (χ0n) is 14.3. The van der Waals surface area contributed by atoms with Crippen molar-refractivity contribution >= 4 is 40.8 Å². The van der Waals surface area contributed by atoms with Crippen molar-refractivity contribution in [1.29, 1.82) is 0 Å². The molecule has 3 aromatic rings. The molecule has 0 saturated heterocycles. The minimum Gasteiger partial charge on any atom is -0.310 e. The van der Waals surface area contributed by atoms with Gasteiger partial charge < -0.3 is 5.32 Å². The number of carbonyl (C=O) groups excluding carboxylic acids is 1. The second kappa shape index (κ2) is 8.24. The largest absolute Gasteiger partial charge is 0.310 e. The summed E-state index contributed by atoms with van der Waals surface area (Å²) in [6.07, 6.45) is 0. The highest BCUT2D eigenvalue weighted by molar-refractivity contribution is 8.00. The minimum atomic E-state index is -0.464. The van der Waals surface area contributed by atoms with E-state index in [1.807, 2.05) is 12.1 Å². The number of aromatic nitrogens is 2. The molecule has 1 heterocycles. The van der Waals surface area contributed by atoms with Crippen molar-refractivity contribution < 1.29 is 9.72 Å². The molecule has 0 saturated carbocycles. The molecule has 138 valence electrons. The molecule has 0 radical (unpaired) electrons. The lowest BCUT2D eigenvalue weighted by Gasteiger charge is -2.09. The fraction of sp³-hybridized carbons (Fsp3) is 0.111. The first-order valence-corrected chi connectivity index (χ1v) is 9.28. The van der Waals surface area contributed by atoms with Crippen molar-refractivity contribution in [2.75, 3.05) is 11.1 Å². The van der Waals surface area contributed by atoms with Gasteiger partial charge in [-0.3, -0.25) is 14.9 Å². The number of non-ortho nitro benzene ring substituents is 1. The molecule has 0 fully saturated rings. The molecule has 0 unspecified atom stereocenters. The molecule has 9 heteroatoms. The molecule has 7 nitrogen and oxygen atoms in total. The Morgan fingerprint density at radius 2 is 1.89 bits per heavy atom. The van der Waals surface area contributed by atoms with Gasteiger partial charge in [-0.1, -0.05) is 11.6 Å². The molecule has 0 spiro atoms. The van der Waals surface area contributed by atoms with E-state index < -0.39 is 4.92 Å². The lowest BCUT2D eigenvalue weighted by molar-refractivity contribution is -0.384. The maximum Gasteiger partial charge on any atom is 0.269 e. The maximum atomic E-state index is 12.3. The van der Waals surface area contributed by atoms with Crippen LogP contribution in [0.15, 0.2) is 59.5 Å². The number of carbonyl (C=O) groups is 1. The van der Waals surface area contributed by atoms with Crippen LogP contribution in [0.4, 0.5) is 11.5 Å². The minimum absolute atomic E-state index is 0.00687. The molecular weight excluding hydrogens is 388 g/mol. The van der Waals surface area contributed by atoms with Gasteiger partial charge in [0.2, 0.25) is 5.91 Å². The molecule has 2 aromatic carbocycles. The molecule has 0 aliphatic heterocycles. The number of nitrogens with zero attached hydrogens (tertiary/aromatic N) is 3. The number of benzene rings is 2. The Kier molecular flexibility index (Phi) is 5.78. The Morgan fingerprint density at radius 1 is 1.22 bits per heavy atom. The van der Waals surface area contributed by atoms with Crippen molar-refractivity contribution in [3.05, 3.63) is 75.4 Å².